The normalized spacial score (nSPS) is 11.9. The number of amides is 1. The summed E-state index contributed by atoms with van der Waals surface area (Å²) in [6, 6.07) is 7.79. The van der Waals surface area contributed by atoms with Crippen LogP contribution in [0.1, 0.15) is 56.2 Å². The predicted molar refractivity (Wildman–Crippen MR) is 88.7 cm³/mol. The van der Waals surface area contributed by atoms with Gasteiger partial charge in [0, 0.05) is 5.69 Å². The third-order valence-corrected chi connectivity index (χ3v) is 4.06. The maximum atomic E-state index is 12.5. The van der Waals surface area contributed by atoms with Gasteiger partial charge in [-0.2, -0.15) is 0 Å². The van der Waals surface area contributed by atoms with Crippen LogP contribution in [-0.2, 0) is 4.74 Å². The lowest BCUT2D eigenvalue weighted by Crippen LogP contribution is -2.28. The molecule has 2 aromatic rings. The minimum Gasteiger partial charge on any atom is -0.465 e. The summed E-state index contributed by atoms with van der Waals surface area (Å²) in [5, 5.41) is 2.97. The van der Waals surface area contributed by atoms with Crippen LogP contribution in [0.4, 0.5) is 0 Å². The number of hydrogen-bond acceptors (Lipinski definition) is 3. The number of carbonyl (C=O) groups excluding carboxylic acids is 2. The molecule has 0 fully saturated rings. The van der Waals surface area contributed by atoms with Gasteiger partial charge >= 0.3 is 5.97 Å². The van der Waals surface area contributed by atoms with E-state index in [1.165, 1.54) is 7.11 Å². The van der Waals surface area contributed by atoms with Crippen LogP contribution in [-0.4, -0.2) is 24.0 Å². The summed E-state index contributed by atoms with van der Waals surface area (Å²) in [6.07, 6.45) is 0. The molecular weight excluding hydrogens is 292 g/mol. The minimum absolute atomic E-state index is 0.131. The van der Waals surface area contributed by atoms with Gasteiger partial charge in [-0.3, -0.25) is 4.79 Å². The number of esters is 1. The number of carbonyl (C=O) groups is 2. The molecule has 0 bridgehead atoms. The summed E-state index contributed by atoms with van der Waals surface area (Å²) >= 11 is 0. The Bertz CT molecular complexity index is 747. The van der Waals surface area contributed by atoms with Crippen molar-refractivity contribution in [1.82, 2.24) is 10.3 Å². The molecule has 0 spiro atoms. The van der Waals surface area contributed by atoms with E-state index in [-0.39, 0.29) is 11.9 Å². The van der Waals surface area contributed by atoms with Gasteiger partial charge in [-0.15, -0.1) is 0 Å². The van der Waals surface area contributed by atoms with Crippen molar-refractivity contribution in [1.29, 1.82) is 0 Å². The quantitative estimate of drug-likeness (QED) is 0.851. The topological polar surface area (TPSA) is 71.2 Å². The van der Waals surface area contributed by atoms with Gasteiger partial charge in [0.15, 0.2) is 0 Å². The van der Waals surface area contributed by atoms with Crippen molar-refractivity contribution in [2.24, 2.45) is 0 Å². The molecule has 23 heavy (non-hydrogen) atoms. The van der Waals surface area contributed by atoms with Crippen LogP contribution in [0.2, 0.25) is 0 Å². The molecule has 1 atom stereocenters. The molecule has 2 rings (SSSR count). The molecule has 0 saturated carbocycles. The Balaban J connectivity index is 2.25. The predicted octanol–water partition coefficient (Wildman–Crippen LogP) is 3.22. The average molecular weight is 314 g/mol. The highest BCUT2D eigenvalue weighted by Gasteiger charge is 2.23. The number of aromatic amines is 1. The Morgan fingerprint density at radius 2 is 1.83 bits per heavy atom. The van der Waals surface area contributed by atoms with E-state index in [1.54, 1.807) is 13.8 Å². The molecule has 1 amide bonds. The Morgan fingerprint density at radius 1 is 1.17 bits per heavy atom. The maximum Gasteiger partial charge on any atom is 0.339 e. The fourth-order valence-electron chi connectivity index (χ4n) is 2.80. The van der Waals surface area contributed by atoms with Crippen LogP contribution >= 0.6 is 0 Å². The standard InChI is InChI=1S/C18H22N2O3/c1-10-8-6-7-9-14(10)12(3)20-17(21)16-11(2)15(13(4)19-16)18(22)23-5/h6-9,12,19H,1-5H3,(H,20,21). The van der Waals surface area contributed by atoms with Gasteiger partial charge in [-0.05, 0) is 44.4 Å². The van der Waals surface area contributed by atoms with Crippen LogP contribution in [0.15, 0.2) is 24.3 Å². The van der Waals surface area contributed by atoms with Crippen molar-refractivity contribution in [3.63, 3.8) is 0 Å². The summed E-state index contributed by atoms with van der Waals surface area (Å²) in [5.74, 6) is -0.682. The number of nitrogens with one attached hydrogen (secondary N) is 2. The zero-order valence-electron chi connectivity index (χ0n) is 14.1. The lowest BCUT2D eigenvalue weighted by Gasteiger charge is -2.16. The van der Waals surface area contributed by atoms with Gasteiger partial charge in [0.1, 0.15) is 5.69 Å². The first-order valence-corrected chi connectivity index (χ1v) is 7.50. The molecule has 122 valence electrons. The molecule has 1 unspecified atom stereocenters. The smallest absolute Gasteiger partial charge is 0.339 e. The molecule has 1 aromatic carbocycles. The average Bonchev–Trinajstić information content (AvgIpc) is 2.81. The van der Waals surface area contributed by atoms with Crippen LogP contribution in [0.25, 0.3) is 0 Å². The fourth-order valence-corrected chi connectivity index (χ4v) is 2.80. The number of hydrogen-bond donors (Lipinski definition) is 2. The van der Waals surface area contributed by atoms with Crippen LogP contribution in [0, 0.1) is 20.8 Å². The molecule has 0 saturated heterocycles. The number of methoxy groups -OCH3 is 1. The van der Waals surface area contributed by atoms with E-state index in [0.717, 1.165) is 11.1 Å². The minimum atomic E-state index is -0.442. The second-order valence-electron chi connectivity index (χ2n) is 5.67. The first kappa shape index (κ1) is 16.8. The number of H-pyrrole nitrogens is 1. The zero-order chi connectivity index (χ0) is 17.1. The first-order valence-electron chi connectivity index (χ1n) is 7.50. The number of benzene rings is 1. The summed E-state index contributed by atoms with van der Waals surface area (Å²) in [5.41, 5.74) is 4.22. The Hall–Kier alpha value is -2.56. The van der Waals surface area contributed by atoms with Gasteiger partial charge < -0.3 is 15.0 Å². The van der Waals surface area contributed by atoms with Crippen LogP contribution in [0.5, 0.6) is 0 Å². The van der Waals surface area contributed by atoms with E-state index >= 15 is 0 Å². The van der Waals surface area contributed by atoms with E-state index in [9.17, 15) is 9.59 Å². The third kappa shape index (κ3) is 3.28. The number of aryl methyl sites for hydroxylation is 2. The second kappa shape index (κ2) is 6.69. The molecule has 1 aromatic heterocycles. The second-order valence-corrected chi connectivity index (χ2v) is 5.67. The molecular formula is C18H22N2O3. The van der Waals surface area contributed by atoms with E-state index < -0.39 is 5.97 Å². The Kier molecular flexibility index (Phi) is 4.89. The molecule has 0 aliphatic heterocycles. The molecule has 2 N–H and O–H groups in total. The molecule has 0 radical (unpaired) electrons. The third-order valence-electron chi connectivity index (χ3n) is 4.06. The molecule has 5 nitrogen and oxygen atoms in total. The van der Waals surface area contributed by atoms with Crippen LogP contribution < -0.4 is 5.32 Å². The van der Waals surface area contributed by atoms with Gasteiger partial charge in [0.25, 0.3) is 5.91 Å². The van der Waals surface area contributed by atoms with Crippen molar-refractivity contribution in [3.05, 3.63) is 57.9 Å². The van der Waals surface area contributed by atoms with E-state index in [1.807, 2.05) is 38.1 Å². The van der Waals surface area contributed by atoms with Crippen molar-refractivity contribution in [2.75, 3.05) is 7.11 Å². The fraction of sp³-hybridized carbons (Fsp3) is 0.333. The summed E-state index contributed by atoms with van der Waals surface area (Å²) in [4.78, 5) is 27.3. The van der Waals surface area contributed by atoms with Crippen molar-refractivity contribution in [2.45, 2.75) is 33.7 Å². The molecule has 5 heteroatoms. The number of rotatable bonds is 4. The van der Waals surface area contributed by atoms with Gasteiger partial charge in [-0.25, -0.2) is 4.79 Å². The molecule has 0 aliphatic rings. The van der Waals surface area contributed by atoms with Crippen molar-refractivity contribution in [3.8, 4) is 0 Å². The zero-order valence-corrected chi connectivity index (χ0v) is 14.1. The number of ether oxygens (including phenoxy) is 1. The van der Waals surface area contributed by atoms with Crippen LogP contribution in [0.3, 0.4) is 0 Å². The summed E-state index contributed by atoms with van der Waals surface area (Å²) in [6.45, 7) is 7.44. The summed E-state index contributed by atoms with van der Waals surface area (Å²) < 4.78 is 4.77. The first-order chi connectivity index (χ1) is 10.9. The Morgan fingerprint density at radius 3 is 2.43 bits per heavy atom. The van der Waals surface area contributed by atoms with E-state index in [0.29, 0.717) is 22.5 Å². The molecule has 0 aliphatic carbocycles. The lowest BCUT2D eigenvalue weighted by molar-refractivity contribution is 0.0599. The lowest BCUT2D eigenvalue weighted by atomic mass is 10.0. The van der Waals surface area contributed by atoms with Gasteiger partial charge in [0.2, 0.25) is 0 Å². The van der Waals surface area contributed by atoms with Gasteiger partial charge in [0.05, 0.1) is 18.7 Å². The SMILES string of the molecule is COC(=O)c1c(C)[nH]c(C(=O)NC(C)c2ccccc2C)c1C. The van der Waals surface area contributed by atoms with Gasteiger partial charge in [-0.1, -0.05) is 24.3 Å². The van der Waals surface area contributed by atoms with E-state index in [2.05, 4.69) is 10.3 Å². The van der Waals surface area contributed by atoms with E-state index in [4.69, 9.17) is 4.74 Å². The summed E-state index contributed by atoms with van der Waals surface area (Å²) in [7, 11) is 1.33. The van der Waals surface area contributed by atoms with Crippen molar-refractivity contribution < 1.29 is 14.3 Å². The van der Waals surface area contributed by atoms with Crippen molar-refractivity contribution >= 4 is 11.9 Å². The largest absolute Gasteiger partial charge is 0.465 e. The highest BCUT2D eigenvalue weighted by molar-refractivity contribution is 6.00. The number of aromatic nitrogens is 1. The highest BCUT2D eigenvalue weighted by Crippen LogP contribution is 2.21. The Labute approximate surface area is 136 Å². The highest BCUT2D eigenvalue weighted by atomic mass is 16.5. The monoisotopic (exact) mass is 314 g/mol. The maximum absolute atomic E-state index is 12.5. The molecule has 1 heterocycles.